The van der Waals surface area contributed by atoms with Gasteiger partial charge in [-0.15, -0.1) is 11.8 Å². The number of methoxy groups -OCH3 is 1. The van der Waals surface area contributed by atoms with Crippen LogP contribution in [0.25, 0.3) is 11.1 Å². The Morgan fingerprint density at radius 2 is 1.70 bits per heavy atom. The maximum Gasteiger partial charge on any atom is 0.416 e. The molecular formula is C28H27F3N2O3S. The van der Waals surface area contributed by atoms with Crippen molar-refractivity contribution in [2.45, 2.75) is 36.1 Å². The van der Waals surface area contributed by atoms with Crippen molar-refractivity contribution in [2.24, 2.45) is 0 Å². The van der Waals surface area contributed by atoms with Crippen LogP contribution < -0.4 is 5.32 Å². The summed E-state index contributed by atoms with van der Waals surface area (Å²) in [5.74, 6) is -0.710. The predicted molar refractivity (Wildman–Crippen MR) is 137 cm³/mol. The lowest BCUT2D eigenvalue weighted by molar-refractivity contribution is -0.146. The molecule has 3 aromatic rings. The normalized spacial score (nSPS) is 18.0. The van der Waals surface area contributed by atoms with Crippen LogP contribution >= 0.6 is 11.8 Å². The fraction of sp³-hybridized carbons (Fsp3) is 0.286. The summed E-state index contributed by atoms with van der Waals surface area (Å²) in [4.78, 5) is 28.9. The number of nitrogens with zero attached hydrogens (tertiary/aromatic N) is 1. The molecule has 1 aliphatic heterocycles. The fourth-order valence-corrected chi connectivity index (χ4v) is 4.97. The van der Waals surface area contributed by atoms with Gasteiger partial charge in [0, 0.05) is 29.6 Å². The number of nitrogens with one attached hydrogen (secondary N) is 1. The summed E-state index contributed by atoms with van der Waals surface area (Å²) in [5, 5.41) is 3.01. The van der Waals surface area contributed by atoms with Gasteiger partial charge in [-0.2, -0.15) is 13.2 Å². The van der Waals surface area contributed by atoms with Gasteiger partial charge in [0.15, 0.2) is 0 Å². The van der Waals surface area contributed by atoms with Gasteiger partial charge in [0.1, 0.15) is 6.04 Å². The lowest BCUT2D eigenvalue weighted by Gasteiger charge is -2.22. The number of rotatable bonds is 7. The van der Waals surface area contributed by atoms with Gasteiger partial charge < -0.3 is 10.1 Å². The Morgan fingerprint density at radius 3 is 2.32 bits per heavy atom. The van der Waals surface area contributed by atoms with E-state index in [2.05, 4.69) is 5.32 Å². The number of likely N-dealkylation sites (tertiary alicyclic amines) is 1. The van der Waals surface area contributed by atoms with Crippen molar-refractivity contribution in [3.63, 3.8) is 0 Å². The summed E-state index contributed by atoms with van der Waals surface area (Å²) in [5.41, 5.74) is 1.69. The second kappa shape index (κ2) is 11.4. The Hall–Kier alpha value is -3.30. The van der Waals surface area contributed by atoms with Gasteiger partial charge in [-0.25, -0.2) is 0 Å². The molecule has 0 bridgehead atoms. The van der Waals surface area contributed by atoms with Gasteiger partial charge in [0.25, 0.3) is 5.91 Å². The van der Waals surface area contributed by atoms with Crippen LogP contribution in [-0.4, -0.2) is 48.8 Å². The minimum Gasteiger partial charge on any atom is -0.468 e. The topological polar surface area (TPSA) is 58.6 Å². The fourth-order valence-electron chi connectivity index (χ4n) is 4.56. The molecule has 1 saturated heterocycles. The molecule has 3 aromatic carbocycles. The average Bonchev–Trinajstić information content (AvgIpc) is 3.30. The molecule has 194 valence electrons. The second-order valence-electron chi connectivity index (χ2n) is 8.84. The molecule has 1 amide bonds. The van der Waals surface area contributed by atoms with Crippen molar-refractivity contribution in [1.29, 1.82) is 0 Å². The predicted octanol–water partition coefficient (Wildman–Crippen LogP) is 5.64. The van der Waals surface area contributed by atoms with E-state index in [-0.39, 0.29) is 17.9 Å². The maximum absolute atomic E-state index is 13.3. The minimum atomic E-state index is -4.43. The number of hydrogen-bond acceptors (Lipinski definition) is 5. The molecule has 0 saturated carbocycles. The van der Waals surface area contributed by atoms with E-state index in [1.807, 2.05) is 35.4 Å². The number of carbonyl (C=O) groups excluding carboxylic acids is 2. The summed E-state index contributed by atoms with van der Waals surface area (Å²) < 4.78 is 43.9. The van der Waals surface area contributed by atoms with Gasteiger partial charge in [-0.1, -0.05) is 42.5 Å². The third-order valence-corrected chi connectivity index (χ3v) is 7.20. The summed E-state index contributed by atoms with van der Waals surface area (Å²) in [6, 6.07) is 18.8. The number of halogens is 3. The number of esters is 1. The summed E-state index contributed by atoms with van der Waals surface area (Å²) in [6.07, 6.45) is -2.04. The van der Waals surface area contributed by atoms with Gasteiger partial charge >= 0.3 is 12.1 Å². The van der Waals surface area contributed by atoms with Crippen LogP contribution in [0, 0.1) is 0 Å². The maximum atomic E-state index is 13.3. The van der Waals surface area contributed by atoms with Crippen LogP contribution in [0.2, 0.25) is 0 Å². The molecule has 5 nitrogen and oxygen atoms in total. The second-order valence-corrected chi connectivity index (χ2v) is 9.72. The van der Waals surface area contributed by atoms with E-state index in [1.54, 1.807) is 36.0 Å². The SMILES string of the molecule is COC(=O)[C@@H]1C[C@@H](NC(=O)c2ccccc2-c2ccc(C(F)(F)F)cc2)CN1Cc1ccc(SC)cc1. The molecule has 0 spiro atoms. The lowest BCUT2D eigenvalue weighted by Crippen LogP contribution is -2.37. The summed E-state index contributed by atoms with van der Waals surface area (Å²) in [6.45, 7) is 0.987. The van der Waals surface area contributed by atoms with Crippen LogP contribution in [0.15, 0.2) is 77.7 Å². The quantitative estimate of drug-likeness (QED) is 0.318. The average molecular weight is 529 g/mol. The van der Waals surface area contributed by atoms with Gasteiger partial charge in [-0.05, 0) is 59.7 Å². The van der Waals surface area contributed by atoms with Gasteiger partial charge in [-0.3, -0.25) is 14.5 Å². The van der Waals surface area contributed by atoms with E-state index >= 15 is 0 Å². The van der Waals surface area contributed by atoms with Crippen molar-refractivity contribution >= 4 is 23.6 Å². The molecular weight excluding hydrogens is 501 g/mol. The Morgan fingerprint density at radius 1 is 1.03 bits per heavy atom. The van der Waals surface area contributed by atoms with E-state index in [9.17, 15) is 22.8 Å². The first kappa shape index (κ1) is 26.8. The zero-order chi connectivity index (χ0) is 26.6. The molecule has 0 unspecified atom stereocenters. The number of alkyl halides is 3. The number of ether oxygens (including phenoxy) is 1. The van der Waals surface area contributed by atoms with Crippen molar-refractivity contribution in [1.82, 2.24) is 10.2 Å². The number of hydrogen-bond donors (Lipinski definition) is 1. The molecule has 4 rings (SSSR count). The van der Waals surface area contributed by atoms with Crippen molar-refractivity contribution in [2.75, 3.05) is 19.9 Å². The van der Waals surface area contributed by atoms with Gasteiger partial charge in [0.05, 0.1) is 12.7 Å². The zero-order valence-electron chi connectivity index (χ0n) is 20.4. The highest BCUT2D eigenvalue weighted by atomic mass is 32.2. The van der Waals surface area contributed by atoms with Crippen LogP contribution in [0.5, 0.6) is 0 Å². The van der Waals surface area contributed by atoms with Crippen molar-refractivity contribution < 1.29 is 27.5 Å². The lowest BCUT2D eigenvalue weighted by atomic mass is 9.98. The Kier molecular flexibility index (Phi) is 8.24. The smallest absolute Gasteiger partial charge is 0.416 e. The third-order valence-electron chi connectivity index (χ3n) is 6.45. The zero-order valence-corrected chi connectivity index (χ0v) is 21.2. The van der Waals surface area contributed by atoms with Crippen LogP contribution in [0.1, 0.15) is 27.9 Å². The molecule has 1 aliphatic rings. The number of amides is 1. The van der Waals surface area contributed by atoms with E-state index in [0.29, 0.717) is 36.2 Å². The number of carbonyl (C=O) groups is 2. The number of thioether (sulfide) groups is 1. The Bertz CT molecular complexity index is 1250. The van der Waals surface area contributed by atoms with E-state index in [4.69, 9.17) is 4.74 Å². The van der Waals surface area contributed by atoms with Crippen molar-refractivity contribution in [3.05, 3.63) is 89.5 Å². The highest BCUT2D eigenvalue weighted by Crippen LogP contribution is 2.32. The molecule has 2 atom stereocenters. The summed E-state index contributed by atoms with van der Waals surface area (Å²) in [7, 11) is 1.35. The first-order valence-electron chi connectivity index (χ1n) is 11.7. The third kappa shape index (κ3) is 6.34. The minimum absolute atomic E-state index is 0.303. The van der Waals surface area contributed by atoms with Crippen LogP contribution in [0.4, 0.5) is 13.2 Å². The first-order chi connectivity index (χ1) is 17.7. The number of benzene rings is 3. The Labute approximate surface area is 218 Å². The van der Waals surface area contributed by atoms with E-state index in [0.717, 1.165) is 22.6 Å². The van der Waals surface area contributed by atoms with Gasteiger partial charge in [0.2, 0.25) is 0 Å². The van der Waals surface area contributed by atoms with E-state index < -0.39 is 17.8 Å². The molecule has 1 fully saturated rings. The Balaban J connectivity index is 1.50. The van der Waals surface area contributed by atoms with Crippen molar-refractivity contribution in [3.8, 4) is 11.1 Å². The molecule has 0 aliphatic carbocycles. The largest absolute Gasteiger partial charge is 0.468 e. The molecule has 1 heterocycles. The molecule has 9 heteroatoms. The first-order valence-corrected chi connectivity index (χ1v) is 12.9. The standard InChI is InChI=1S/C28H27F3N2O3S/c1-36-27(35)25-15-21(17-33(25)16-18-7-13-22(37-2)14-8-18)32-26(34)24-6-4-3-5-23(24)19-9-11-20(12-10-19)28(29,30)31/h3-14,21,25H,15-17H2,1-2H3,(H,32,34)/t21-,25+/m1/s1. The van der Waals surface area contributed by atoms with Crippen LogP contribution in [-0.2, 0) is 22.3 Å². The molecule has 1 N–H and O–H groups in total. The highest BCUT2D eigenvalue weighted by Gasteiger charge is 2.38. The summed E-state index contributed by atoms with van der Waals surface area (Å²) >= 11 is 1.65. The molecule has 37 heavy (non-hydrogen) atoms. The molecule has 0 aromatic heterocycles. The monoisotopic (exact) mass is 528 g/mol. The molecule has 0 radical (unpaired) electrons. The van der Waals surface area contributed by atoms with Crippen LogP contribution in [0.3, 0.4) is 0 Å². The highest BCUT2D eigenvalue weighted by molar-refractivity contribution is 7.98. The van der Waals surface area contributed by atoms with E-state index in [1.165, 1.54) is 19.2 Å².